The van der Waals surface area contributed by atoms with Gasteiger partial charge in [-0.3, -0.25) is 0 Å². The van der Waals surface area contributed by atoms with Crippen molar-refractivity contribution in [2.45, 2.75) is 0 Å². The van der Waals surface area contributed by atoms with E-state index in [4.69, 9.17) is 0 Å². The molecule has 0 saturated carbocycles. The maximum absolute atomic E-state index is 2.50. The number of benzene rings is 2. The van der Waals surface area contributed by atoms with Gasteiger partial charge in [-0.1, -0.05) is 0 Å². The summed E-state index contributed by atoms with van der Waals surface area (Å²) in [4.78, 5) is 0. The fourth-order valence-corrected chi connectivity index (χ4v) is 2.91. The predicted molar refractivity (Wildman–Crippen MR) is 69.4 cm³/mol. The fraction of sp³-hybridized carbons (Fsp3) is 0. The maximum atomic E-state index is 2.50. The molecule has 0 unspecified atom stereocenters. The Morgan fingerprint density at radius 2 is 0.933 bits per heavy atom. The molecular weight excluding hydrogens is 381 g/mol. The summed E-state index contributed by atoms with van der Waals surface area (Å²) in [7, 11) is 0. The van der Waals surface area contributed by atoms with Gasteiger partial charge in [0.2, 0.25) is 0 Å². The molecule has 0 heterocycles. The number of hydrogen-bond acceptors (Lipinski definition) is 0. The van der Waals surface area contributed by atoms with Crippen LogP contribution in [0.25, 0.3) is 0 Å². The topological polar surface area (TPSA) is 0 Å². The zero-order valence-electron chi connectivity index (χ0n) is 8.00. The van der Waals surface area contributed by atoms with Gasteiger partial charge in [-0.2, -0.15) is 0 Å². The van der Waals surface area contributed by atoms with Crippen molar-refractivity contribution in [3.63, 3.8) is 0 Å². The van der Waals surface area contributed by atoms with E-state index in [1.54, 1.807) is 0 Å². The van der Waals surface area contributed by atoms with Gasteiger partial charge in [-0.05, 0) is 0 Å². The predicted octanol–water partition coefficient (Wildman–Crippen LogP) is 0.580. The monoisotopic (exact) mass is 394 g/mol. The van der Waals surface area contributed by atoms with Crippen LogP contribution in [0.4, 0.5) is 0 Å². The van der Waals surface area contributed by atoms with Crippen molar-refractivity contribution in [3.8, 4) is 0 Å². The Balaban J connectivity index is 0.000000531. The van der Waals surface area contributed by atoms with Gasteiger partial charge in [-0.25, -0.2) is 0 Å². The second-order valence-electron chi connectivity index (χ2n) is 2.73. The van der Waals surface area contributed by atoms with Gasteiger partial charge in [-0.15, -0.1) is 0 Å². The van der Waals surface area contributed by atoms with E-state index >= 15 is 0 Å². The summed E-state index contributed by atoms with van der Waals surface area (Å²) in [5.74, 6) is 0. The van der Waals surface area contributed by atoms with Crippen LogP contribution >= 0.6 is 0 Å². The van der Waals surface area contributed by atoms with Crippen LogP contribution in [-0.4, -0.2) is 42.3 Å². The van der Waals surface area contributed by atoms with Crippen molar-refractivity contribution in [2.24, 2.45) is 0 Å². The van der Waals surface area contributed by atoms with E-state index in [1.807, 2.05) is 0 Å². The number of rotatable bonds is 2. The molecule has 0 atom stereocenters. The minimum absolute atomic E-state index is 0.461. The standard InChI is InChI=1S/C12H10Se.Se2/c1-3-7-11(8-4-1)13-12-9-5-2-6-10-12;1-2/h1-10H;. The Hall–Kier alpha value is -0.00156. The Kier molecular flexibility index (Phi) is 7.13. The van der Waals surface area contributed by atoms with Gasteiger partial charge < -0.3 is 0 Å². The molecule has 0 nitrogen and oxygen atoms in total. The first-order valence-electron chi connectivity index (χ1n) is 4.40. The van der Waals surface area contributed by atoms with Crippen LogP contribution in [0, 0.1) is 0 Å². The van der Waals surface area contributed by atoms with Crippen molar-refractivity contribution >= 4 is 51.2 Å². The van der Waals surface area contributed by atoms with Gasteiger partial charge in [0.15, 0.2) is 0 Å². The molecule has 0 spiro atoms. The molecule has 0 N–H and O–H groups in total. The first-order valence-corrected chi connectivity index (χ1v) is 10.4. The average molecular weight is 391 g/mol. The van der Waals surface area contributed by atoms with Gasteiger partial charge >= 0.3 is 112 Å². The second-order valence-corrected chi connectivity index (χ2v) is 5.13. The van der Waals surface area contributed by atoms with Crippen molar-refractivity contribution in [1.82, 2.24) is 0 Å². The zero-order chi connectivity index (χ0) is 10.9. The summed E-state index contributed by atoms with van der Waals surface area (Å²) in [5.41, 5.74) is 0. The van der Waals surface area contributed by atoms with E-state index in [1.165, 1.54) is 8.92 Å². The van der Waals surface area contributed by atoms with Crippen molar-refractivity contribution < 1.29 is 0 Å². The molecule has 76 valence electrons. The van der Waals surface area contributed by atoms with E-state index in [0.29, 0.717) is 15.0 Å². The Morgan fingerprint density at radius 3 is 1.27 bits per heavy atom. The van der Waals surface area contributed by atoms with Crippen LogP contribution in [-0.2, 0) is 0 Å². The molecule has 0 fully saturated rings. The van der Waals surface area contributed by atoms with E-state index in [0.717, 1.165) is 0 Å². The summed E-state index contributed by atoms with van der Waals surface area (Å²) in [5, 5.41) is 0. The van der Waals surface area contributed by atoms with Crippen LogP contribution in [0.15, 0.2) is 60.7 Å². The Bertz CT molecular complexity index is 335. The third-order valence-corrected chi connectivity index (χ3v) is 3.85. The summed E-state index contributed by atoms with van der Waals surface area (Å²) in [6, 6.07) is 21.3. The van der Waals surface area contributed by atoms with Crippen LogP contribution in [0.2, 0.25) is 0 Å². The molecule has 0 aliphatic heterocycles. The Morgan fingerprint density at radius 1 is 0.600 bits per heavy atom. The first kappa shape index (κ1) is 13.1. The summed E-state index contributed by atoms with van der Waals surface area (Å²) >= 11 is 5.46. The van der Waals surface area contributed by atoms with Gasteiger partial charge in [0.1, 0.15) is 0 Å². The molecule has 0 aromatic heterocycles. The van der Waals surface area contributed by atoms with Gasteiger partial charge in [0, 0.05) is 0 Å². The third-order valence-electron chi connectivity index (χ3n) is 1.72. The number of hydrogen-bond donors (Lipinski definition) is 0. The van der Waals surface area contributed by atoms with Crippen LogP contribution in [0.5, 0.6) is 0 Å². The van der Waals surface area contributed by atoms with E-state index in [2.05, 4.69) is 88.0 Å². The van der Waals surface area contributed by atoms with Gasteiger partial charge in [0.05, 0.1) is 0 Å². The molecule has 3 heteroatoms. The van der Waals surface area contributed by atoms with E-state index in [-0.39, 0.29) is 0 Å². The van der Waals surface area contributed by atoms with Crippen LogP contribution in [0.1, 0.15) is 0 Å². The Labute approximate surface area is 111 Å². The zero-order valence-corrected chi connectivity index (χ0v) is 13.1. The van der Waals surface area contributed by atoms with Crippen molar-refractivity contribution in [3.05, 3.63) is 60.7 Å². The molecule has 0 radical (unpaired) electrons. The van der Waals surface area contributed by atoms with Gasteiger partial charge in [0.25, 0.3) is 0 Å². The molecule has 2 aromatic carbocycles. The second kappa shape index (κ2) is 8.19. The first-order chi connectivity index (χ1) is 7.45. The SMILES string of the molecule is [Se]=[Se].c1ccc([Se]c2ccccc2)cc1. The quantitative estimate of drug-likeness (QED) is 0.658. The van der Waals surface area contributed by atoms with Crippen LogP contribution < -0.4 is 8.92 Å². The molecule has 0 bridgehead atoms. The average Bonchev–Trinajstić information content (AvgIpc) is 2.34. The molecule has 15 heavy (non-hydrogen) atoms. The summed E-state index contributed by atoms with van der Waals surface area (Å²) in [6.45, 7) is 0. The van der Waals surface area contributed by atoms with Crippen molar-refractivity contribution in [2.75, 3.05) is 0 Å². The summed E-state index contributed by atoms with van der Waals surface area (Å²) in [6.07, 6.45) is 0. The molecule has 0 aliphatic carbocycles. The summed E-state index contributed by atoms with van der Waals surface area (Å²) < 4.78 is 2.86. The molecular formula is C12H10Se3. The normalized spacial score (nSPS) is 8.80. The molecule has 0 aliphatic rings. The molecule has 2 aromatic rings. The van der Waals surface area contributed by atoms with E-state index in [9.17, 15) is 0 Å². The third kappa shape index (κ3) is 5.04. The van der Waals surface area contributed by atoms with E-state index < -0.39 is 0 Å². The van der Waals surface area contributed by atoms with Crippen LogP contribution in [0.3, 0.4) is 0 Å². The minimum atomic E-state index is 0.461. The fourth-order valence-electron chi connectivity index (χ4n) is 1.11. The molecule has 0 amide bonds. The molecule has 0 saturated heterocycles. The van der Waals surface area contributed by atoms with Crippen molar-refractivity contribution in [1.29, 1.82) is 0 Å². The molecule has 2 rings (SSSR count).